The highest BCUT2D eigenvalue weighted by atomic mass is 28.4. The van der Waals surface area contributed by atoms with Gasteiger partial charge in [-0.15, -0.1) is 0 Å². The number of ether oxygens (including phenoxy) is 6. The molecule has 0 radical (unpaired) electrons. The largest absolute Gasteiger partial charge is 0.492 e. The average Bonchev–Trinajstić information content (AvgIpc) is 4.09. The monoisotopic (exact) mass is 842 g/mol. The van der Waals surface area contributed by atoms with Crippen LogP contribution in [0.5, 0.6) is 5.75 Å². The number of hydrogen-bond donors (Lipinski definition) is 1. The number of esters is 3. The lowest BCUT2D eigenvalue weighted by Crippen LogP contribution is -2.41. The van der Waals surface area contributed by atoms with E-state index in [9.17, 15) is 14.4 Å². The molecule has 0 aliphatic carbocycles. The summed E-state index contributed by atoms with van der Waals surface area (Å²) in [4.78, 5) is 37.9. The van der Waals surface area contributed by atoms with Crippen molar-refractivity contribution in [3.05, 3.63) is 96.6 Å². The van der Waals surface area contributed by atoms with Gasteiger partial charge in [-0.2, -0.15) is 0 Å². The molecule has 1 N–H and O–H groups in total. The summed E-state index contributed by atoms with van der Waals surface area (Å²) in [5.74, 6) is -0.272. The van der Waals surface area contributed by atoms with Crippen LogP contribution in [0.2, 0.25) is 18.1 Å². The van der Waals surface area contributed by atoms with E-state index in [1.165, 1.54) is 47.0 Å². The Labute approximate surface area is 350 Å². The van der Waals surface area contributed by atoms with Crippen molar-refractivity contribution < 1.29 is 52.3 Å². The lowest BCUT2D eigenvalue weighted by Gasteiger charge is -2.36. The van der Waals surface area contributed by atoms with Gasteiger partial charge < -0.3 is 51.7 Å². The maximum atomic E-state index is 11.5. The van der Waals surface area contributed by atoms with Crippen LogP contribution < -0.4 is 4.74 Å². The van der Waals surface area contributed by atoms with E-state index in [4.69, 9.17) is 33.2 Å². The van der Waals surface area contributed by atoms with Gasteiger partial charge in [-0.05, 0) is 92.3 Å². The van der Waals surface area contributed by atoms with Crippen molar-refractivity contribution in [2.75, 3.05) is 67.6 Å². The molecule has 0 saturated carbocycles. The van der Waals surface area contributed by atoms with E-state index in [1.807, 2.05) is 23.0 Å². The normalized spacial score (nSPS) is 13.2. The van der Waals surface area contributed by atoms with Gasteiger partial charge in [0, 0.05) is 70.5 Å². The Morgan fingerprint density at radius 2 is 1.05 bits per heavy atom. The third-order valence-electron chi connectivity index (χ3n) is 9.52. The molecule has 4 aromatic rings. The Kier molecular flexibility index (Phi) is 23.8. The molecule has 4 aromatic heterocycles. The fourth-order valence-electron chi connectivity index (χ4n) is 5.14. The zero-order valence-electron chi connectivity index (χ0n) is 36.2. The molecule has 2 aliphatic rings. The minimum absolute atomic E-state index is 0.0126. The summed E-state index contributed by atoms with van der Waals surface area (Å²) in [6.45, 7) is 17.9. The van der Waals surface area contributed by atoms with Crippen molar-refractivity contribution in [1.29, 1.82) is 0 Å². The van der Waals surface area contributed by atoms with E-state index in [2.05, 4.69) is 43.6 Å². The zero-order valence-corrected chi connectivity index (χ0v) is 37.2. The second-order valence-corrected chi connectivity index (χ2v) is 19.5. The lowest BCUT2D eigenvalue weighted by atomic mass is 10.2. The first-order chi connectivity index (χ1) is 28.3. The van der Waals surface area contributed by atoms with Gasteiger partial charge in [0.15, 0.2) is 8.32 Å². The third-order valence-corrected chi connectivity index (χ3v) is 14.1. The molecule has 2 aliphatic heterocycles. The van der Waals surface area contributed by atoms with Gasteiger partial charge in [0.2, 0.25) is 0 Å². The van der Waals surface area contributed by atoms with Crippen LogP contribution in [-0.2, 0) is 47.7 Å². The van der Waals surface area contributed by atoms with Gasteiger partial charge in [0.25, 0.3) is 0 Å². The topological polar surface area (TPSA) is 164 Å². The summed E-state index contributed by atoms with van der Waals surface area (Å²) in [5, 5.41) is 8.85. The summed E-state index contributed by atoms with van der Waals surface area (Å²) < 4.78 is 40.8. The molecule has 0 atom stereocenters. The van der Waals surface area contributed by atoms with Crippen LogP contribution in [0.3, 0.4) is 0 Å². The van der Waals surface area contributed by atoms with E-state index < -0.39 is 8.32 Å². The minimum Gasteiger partial charge on any atom is -0.492 e. The van der Waals surface area contributed by atoms with E-state index in [1.54, 1.807) is 70.2 Å². The van der Waals surface area contributed by atoms with Gasteiger partial charge in [-0.1, -0.05) is 20.8 Å². The number of aliphatic hydroxyl groups is 1. The van der Waals surface area contributed by atoms with Gasteiger partial charge >= 0.3 is 17.9 Å². The molecule has 59 heavy (non-hydrogen) atoms. The molecule has 0 aromatic carbocycles. The Morgan fingerprint density at radius 1 is 0.661 bits per heavy atom. The highest BCUT2D eigenvalue weighted by Gasteiger charge is 2.37. The quantitative estimate of drug-likeness (QED) is 0.0843. The Morgan fingerprint density at radius 3 is 1.39 bits per heavy atom. The number of aromatic nitrogens is 4. The highest BCUT2D eigenvalue weighted by molar-refractivity contribution is 6.74. The summed E-state index contributed by atoms with van der Waals surface area (Å²) in [5.41, 5.74) is 1.56. The molecular formula is C43H66N4O11Si. The van der Waals surface area contributed by atoms with E-state index in [0.717, 1.165) is 32.2 Å². The van der Waals surface area contributed by atoms with Gasteiger partial charge in [-0.25, -0.2) is 14.4 Å². The molecule has 0 spiro atoms. The van der Waals surface area contributed by atoms with E-state index in [-0.39, 0.29) is 29.6 Å². The van der Waals surface area contributed by atoms with Gasteiger partial charge in [-0.3, -0.25) is 4.98 Å². The Hall–Kier alpha value is -4.74. The first-order valence-corrected chi connectivity index (χ1v) is 22.8. The maximum absolute atomic E-state index is 11.5. The number of methoxy groups -OCH3 is 3. The molecule has 15 nitrogen and oxygen atoms in total. The predicted molar refractivity (Wildman–Crippen MR) is 227 cm³/mol. The number of hydrogen-bond acceptors (Lipinski definition) is 12. The highest BCUT2D eigenvalue weighted by Crippen LogP contribution is 2.36. The number of carbonyl (C=O) groups is 3. The summed E-state index contributed by atoms with van der Waals surface area (Å²) in [6, 6.07) is 14.1. The fraction of sp³-hybridized carbons (Fsp3) is 0.535. The third kappa shape index (κ3) is 18.8. The summed E-state index contributed by atoms with van der Waals surface area (Å²) >= 11 is 0. The van der Waals surface area contributed by atoms with Crippen molar-refractivity contribution >= 4 is 26.2 Å². The second kappa shape index (κ2) is 27.9. The standard InChI is InChI=1S/C14H25NO3Si.C13H14N2O3.C8H11NO3.2C4H8O/c1-14(2,3)19(5,6)18-11-10-15-9-7-8-12(15)13(16)17-4;1-17-13(16)12-3-2-8-15(12)9-10-18-11-4-6-14-7-5-11;1-12-8(11)7-3-2-4-9(7)5-6-10;2*1-2-4-5-3-1/h7-9H,10-11H2,1-6H3;2-8H,9-10H2,1H3;2-4,10H,5-6H2,1H3;2*1-4H2. The molecule has 2 fully saturated rings. The van der Waals surface area contributed by atoms with Crippen LogP contribution in [0.25, 0.3) is 0 Å². The lowest BCUT2D eigenvalue weighted by molar-refractivity contribution is 0.0578. The fourth-order valence-corrected chi connectivity index (χ4v) is 6.17. The molecule has 0 bridgehead atoms. The first-order valence-electron chi connectivity index (χ1n) is 19.9. The van der Waals surface area contributed by atoms with Crippen molar-refractivity contribution in [2.45, 2.75) is 84.2 Å². The molecule has 16 heteroatoms. The predicted octanol–water partition coefficient (Wildman–Crippen LogP) is 6.91. The number of aliphatic hydroxyl groups excluding tert-OH is 1. The van der Waals surface area contributed by atoms with E-state index in [0.29, 0.717) is 49.9 Å². The van der Waals surface area contributed by atoms with Crippen LogP contribution in [0, 0.1) is 0 Å². The van der Waals surface area contributed by atoms with Crippen LogP contribution in [0.1, 0.15) is 77.9 Å². The smallest absolute Gasteiger partial charge is 0.354 e. The van der Waals surface area contributed by atoms with E-state index >= 15 is 0 Å². The maximum Gasteiger partial charge on any atom is 0.354 e. The number of carbonyl (C=O) groups excluding carboxylic acids is 3. The Balaban J connectivity index is 0.000000276. The molecule has 0 amide bonds. The molecule has 2 saturated heterocycles. The number of rotatable bonds is 13. The molecule has 328 valence electrons. The molecule has 0 unspecified atom stereocenters. The zero-order chi connectivity index (χ0) is 43.5. The van der Waals surface area contributed by atoms with Crippen LogP contribution in [0.4, 0.5) is 0 Å². The van der Waals surface area contributed by atoms with Crippen LogP contribution in [0.15, 0.2) is 79.5 Å². The second-order valence-electron chi connectivity index (χ2n) is 14.7. The van der Waals surface area contributed by atoms with Crippen molar-refractivity contribution in [2.24, 2.45) is 0 Å². The minimum atomic E-state index is -1.72. The molecule has 6 rings (SSSR count). The number of pyridine rings is 1. The average molecular weight is 843 g/mol. The van der Waals surface area contributed by atoms with Crippen LogP contribution >= 0.6 is 0 Å². The van der Waals surface area contributed by atoms with Crippen molar-refractivity contribution in [1.82, 2.24) is 18.7 Å². The van der Waals surface area contributed by atoms with Gasteiger partial charge in [0.1, 0.15) is 29.4 Å². The van der Waals surface area contributed by atoms with Crippen molar-refractivity contribution in [3.8, 4) is 5.75 Å². The summed E-state index contributed by atoms with van der Waals surface area (Å²) in [7, 11) is 2.37. The summed E-state index contributed by atoms with van der Waals surface area (Å²) in [6.07, 6.45) is 13.9. The van der Waals surface area contributed by atoms with Crippen LogP contribution in [-0.4, -0.2) is 118 Å². The van der Waals surface area contributed by atoms with Gasteiger partial charge in [0.05, 0.1) is 41.1 Å². The molecular weight excluding hydrogens is 777 g/mol. The van der Waals surface area contributed by atoms with Crippen molar-refractivity contribution in [3.63, 3.8) is 0 Å². The first kappa shape index (κ1) is 50.4. The number of nitrogens with zero attached hydrogens (tertiary/aromatic N) is 4. The SMILES string of the molecule is C1CCOC1.C1CCOC1.COC(=O)c1cccn1CCO.COC(=O)c1cccn1CCO[Si](C)(C)C(C)(C)C.COC(=O)c1cccn1CCOc1ccncc1. The Bertz CT molecular complexity index is 1720. The molecule has 6 heterocycles.